The zero-order chi connectivity index (χ0) is 26.0. The third-order valence-corrected chi connectivity index (χ3v) is 8.78. The van der Waals surface area contributed by atoms with E-state index in [0.717, 1.165) is 84.7 Å². The van der Waals surface area contributed by atoms with Gasteiger partial charge in [0.05, 0.1) is 17.4 Å². The van der Waals surface area contributed by atoms with E-state index in [9.17, 15) is 18.3 Å². The Morgan fingerprint density at radius 2 is 1.89 bits per heavy atom. The molecule has 6 rings (SSSR count). The van der Waals surface area contributed by atoms with Crippen molar-refractivity contribution in [3.05, 3.63) is 52.8 Å². The zero-order valence-corrected chi connectivity index (χ0v) is 21.7. The van der Waals surface area contributed by atoms with Crippen molar-refractivity contribution in [3.8, 4) is 0 Å². The van der Waals surface area contributed by atoms with Gasteiger partial charge in [-0.25, -0.2) is 9.97 Å². The molecule has 0 saturated carbocycles. The molecule has 2 aliphatic rings. The number of halogens is 3. The van der Waals surface area contributed by atoms with Crippen molar-refractivity contribution in [3.63, 3.8) is 0 Å². The number of nitrogens with zero attached hydrogens (tertiary/aromatic N) is 4. The first-order valence-electron chi connectivity index (χ1n) is 12.6. The second-order valence-electron chi connectivity index (χ2n) is 11.2. The van der Waals surface area contributed by atoms with Crippen LogP contribution in [0.5, 0.6) is 0 Å². The van der Waals surface area contributed by atoms with Crippen molar-refractivity contribution >= 4 is 38.3 Å². The van der Waals surface area contributed by atoms with Crippen molar-refractivity contribution in [2.45, 2.75) is 51.4 Å². The van der Waals surface area contributed by atoms with Crippen molar-refractivity contribution < 1.29 is 18.3 Å². The molecule has 6 nitrogen and oxygen atoms in total. The molecule has 0 amide bonds. The molecule has 1 spiro atoms. The van der Waals surface area contributed by atoms with Crippen LogP contribution in [0.3, 0.4) is 0 Å². The van der Waals surface area contributed by atoms with Crippen LogP contribution >= 0.6 is 11.3 Å². The summed E-state index contributed by atoms with van der Waals surface area (Å²) < 4.78 is 38.8. The number of fused-ring (bicyclic) bond motifs is 2. The molecule has 0 aliphatic carbocycles. The van der Waals surface area contributed by atoms with E-state index in [2.05, 4.69) is 43.0 Å². The van der Waals surface area contributed by atoms with E-state index in [1.165, 1.54) is 11.9 Å². The summed E-state index contributed by atoms with van der Waals surface area (Å²) in [5.41, 5.74) is 2.32. The Hall–Kier alpha value is -2.69. The smallest absolute Gasteiger partial charge is 0.384 e. The minimum Gasteiger partial charge on any atom is -0.384 e. The van der Waals surface area contributed by atoms with E-state index in [1.54, 1.807) is 19.9 Å². The van der Waals surface area contributed by atoms with Gasteiger partial charge in [0.2, 0.25) is 0 Å². The second kappa shape index (κ2) is 8.68. The maximum atomic E-state index is 12.9. The molecule has 2 fully saturated rings. The second-order valence-corrected chi connectivity index (χ2v) is 12.3. The molecule has 1 atom stereocenters. The van der Waals surface area contributed by atoms with Crippen LogP contribution in [0.15, 0.2) is 36.7 Å². The number of anilines is 1. The number of hydrogen-bond donors (Lipinski definition) is 2. The standard InChI is InChI=1S/C27H30F3N5OS/c1-25(2,36)22-10-18-4-3-17(9-21(18)33-22)13-34-7-5-26(14-34)6-8-35(15-26)23-20-11-19(12-27(28,29)30)37-24(20)32-16-31-23/h3-4,9-11,16,33,36H,5-8,12-15H2,1-2H3/t26-/m0/s1. The lowest BCUT2D eigenvalue weighted by molar-refractivity contribution is -0.126. The molecule has 3 aromatic heterocycles. The molecular formula is C27H30F3N5OS. The summed E-state index contributed by atoms with van der Waals surface area (Å²) in [6.45, 7) is 8.11. The van der Waals surface area contributed by atoms with Gasteiger partial charge < -0.3 is 15.0 Å². The van der Waals surface area contributed by atoms with E-state index in [1.807, 2.05) is 6.07 Å². The summed E-state index contributed by atoms with van der Waals surface area (Å²) in [6.07, 6.45) is -1.56. The van der Waals surface area contributed by atoms with Crippen molar-refractivity contribution in [2.75, 3.05) is 31.1 Å². The Balaban J connectivity index is 1.15. The third kappa shape index (κ3) is 4.94. The maximum absolute atomic E-state index is 12.9. The summed E-state index contributed by atoms with van der Waals surface area (Å²) in [6, 6.07) is 10.1. The molecule has 2 N–H and O–H groups in total. The molecule has 0 unspecified atom stereocenters. The fraction of sp³-hybridized carbons (Fsp3) is 0.481. The highest BCUT2D eigenvalue weighted by Crippen LogP contribution is 2.43. The Morgan fingerprint density at radius 3 is 2.68 bits per heavy atom. The van der Waals surface area contributed by atoms with E-state index in [-0.39, 0.29) is 10.3 Å². The number of likely N-dealkylation sites (tertiary alicyclic amines) is 1. The maximum Gasteiger partial charge on any atom is 0.393 e. The van der Waals surface area contributed by atoms with Crippen molar-refractivity contribution in [1.29, 1.82) is 0 Å². The van der Waals surface area contributed by atoms with Crippen LogP contribution in [-0.2, 0) is 18.6 Å². The van der Waals surface area contributed by atoms with Gasteiger partial charge in [-0.05, 0) is 62.4 Å². The molecule has 4 aromatic rings. The quantitative estimate of drug-likeness (QED) is 0.352. The van der Waals surface area contributed by atoms with Gasteiger partial charge in [0, 0.05) is 47.7 Å². The normalized spacial score (nSPS) is 21.3. The fourth-order valence-electron chi connectivity index (χ4n) is 5.90. The summed E-state index contributed by atoms with van der Waals surface area (Å²) in [5, 5.41) is 12.1. The number of aromatic amines is 1. The molecule has 2 saturated heterocycles. The van der Waals surface area contributed by atoms with E-state index in [4.69, 9.17) is 0 Å². The summed E-state index contributed by atoms with van der Waals surface area (Å²) >= 11 is 1.10. The predicted octanol–water partition coefficient (Wildman–Crippen LogP) is 5.61. The average molecular weight is 530 g/mol. The van der Waals surface area contributed by atoms with Crippen LogP contribution in [0, 0.1) is 5.41 Å². The molecule has 1 aromatic carbocycles. The van der Waals surface area contributed by atoms with Crippen LogP contribution < -0.4 is 4.90 Å². The lowest BCUT2D eigenvalue weighted by atomic mass is 9.86. The molecule has 37 heavy (non-hydrogen) atoms. The van der Waals surface area contributed by atoms with Crippen LogP contribution in [0.2, 0.25) is 0 Å². The fourth-order valence-corrected chi connectivity index (χ4v) is 6.92. The van der Waals surface area contributed by atoms with Crippen molar-refractivity contribution in [2.24, 2.45) is 5.41 Å². The first-order valence-corrected chi connectivity index (χ1v) is 13.4. The van der Waals surface area contributed by atoms with E-state index < -0.39 is 18.2 Å². The van der Waals surface area contributed by atoms with E-state index >= 15 is 0 Å². The Bertz CT molecular complexity index is 1460. The van der Waals surface area contributed by atoms with Crippen LogP contribution in [0.25, 0.3) is 21.1 Å². The van der Waals surface area contributed by atoms with E-state index in [0.29, 0.717) is 4.83 Å². The number of thiophene rings is 1. The molecule has 0 radical (unpaired) electrons. The summed E-state index contributed by atoms with van der Waals surface area (Å²) in [4.78, 5) is 17.7. The van der Waals surface area contributed by atoms with Crippen LogP contribution in [0.4, 0.5) is 19.0 Å². The molecule has 2 aliphatic heterocycles. The monoisotopic (exact) mass is 529 g/mol. The number of H-pyrrole nitrogens is 1. The molecule has 0 bridgehead atoms. The Kier molecular flexibility index (Phi) is 5.78. The first-order chi connectivity index (χ1) is 17.5. The minimum atomic E-state index is -4.23. The van der Waals surface area contributed by atoms with Gasteiger partial charge in [-0.3, -0.25) is 4.90 Å². The molecular weight excluding hydrogens is 499 g/mol. The lowest BCUT2D eigenvalue weighted by Gasteiger charge is -2.25. The Morgan fingerprint density at radius 1 is 1.08 bits per heavy atom. The highest BCUT2D eigenvalue weighted by atomic mass is 32.1. The van der Waals surface area contributed by atoms with Gasteiger partial charge in [-0.15, -0.1) is 11.3 Å². The van der Waals surface area contributed by atoms with Crippen LogP contribution in [0.1, 0.15) is 42.8 Å². The number of alkyl halides is 3. The summed E-state index contributed by atoms with van der Waals surface area (Å²) in [7, 11) is 0. The SMILES string of the molecule is CC(C)(O)c1cc2ccc(CN3CC[C@]4(CCN(c5ncnc6sc(CC(F)(F)F)cc56)C4)C3)cc2[nH]1. The van der Waals surface area contributed by atoms with Gasteiger partial charge in [-0.1, -0.05) is 12.1 Å². The number of nitrogens with one attached hydrogen (secondary N) is 1. The highest BCUT2D eigenvalue weighted by Gasteiger charge is 2.44. The molecule has 5 heterocycles. The summed E-state index contributed by atoms with van der Waals surface area (Å²) in [5.74, 6) is 0.754. The minimum absolute atomic E-state index is 0.159. The lowest BCUT2D eigenvalue weighted by Crippen LogP contribution is -2.31. The number of aliphatic hydroxyl groups is 1. The zero-order valence-electron chi connectivity index (χ0n) is 20.9. The molecule has 10 heteroatoms. The van der Waals surface area contributed by atoms with Gasteiger partial charge in [0.15, 0.2) is 0 Å². The third-order valence-electron chi connectivity index (χ3n) is 7.74. The topological polar surface area (TPSA) is 68.3 Å². The number of benzene rings is 1. The van der Waals surface area contributed by atoms with Gasteiger partial charge >= 0.3 is 6.18 Å². The van der Waals surface area contributed by atoms with Crippen molar-refractivity contribution in [1.82, 2.24) is 19.9 Å². The van der Waals surface area contributed by atoms with Gasteiger partial charge in [-0.2, -0.15) is 13.2 Å². The highest BCUT2D eigenvalue weighted by molar-refractivity contribution is 7.18. The van der Waals surface area contributed by atoms with Gasteiger partial charge in [0.1, 0.15) is 17.0 Å². The van der Waals surface area contributed by atoms with Gasteiger partial charge in [0.25, 0.3) is 0 Å². The predicted molar refractivity (Wildman–Crippen MR) is 140 cm³/mol. The average Bonchev–Trinajstić information content (AvgIpc) is 3.58. The number of aromatic nitrogens is 3. The number of hydrogen-bond acceptors (Lipinski definition) is 6. The first kappa shape index (κ1) is 24.6. The number of rotatable bonds is 5. The van der Waals surface area contributed by atoms with Crippen LogP contribution in [-0.4, -0.2) is 57.3 Å². The molecule has 196 valence electrons. The largest absolute Gasteiger partial charge is 0.393 e. The Labute approximate surface area is 217 Å².